The first-order valence-corrected chi connectivity index (χ1v) is 6.56. The average Bonchev–Trinajstić information content (AvgIpc) is 2.76. The average molecular weight is 251 g/mol. The summed E-state index contributed by atoms with van der Waals surface area (Å²) in [7, 11) is -3.55. The molecule has 0 fully saturated rings. The van der Waals surface area contributed by atoms with E-state index in [9.17, 15) is 8.42 Å². The summed E-state index contributed by atoms with van der Waals surface area (Å²) in [5.41, 5.74) is 2.56. The van der Waals surface area contributed by atoms with Crippen LogP contribution in [0.1, 0.15) is 11.1 Å². The molecule has 5 nitrogen and oxygen atoms in total. The molecule has 90 valence electrons. The van der Waals surface area contributed by atoms with Gasteiger partial charge in [-0.2, -0.15) is 5.10 Å². The van der Waals surface area contributed by atoms with Gasteiger partial charge in [-0.25, -0.2) is 8.42 Å². The van der Waals surface area contributed by atoms with Crippen LogP contribution in [0.4, 0.5) is 5.69 Å². The zero-order chi connectivity index (χ0) is 12.5. The second kappa shape index (κ2) is 4.21. The van der Waals surface area contributed by atoms with E-state index in [4.69, 9.17) is 0 Å². The fourth-order valence-corrected chi connectivity index (χ4v) is 2.55. The highest BCUT2D eigenvalue weighted by Crippen LogP contribution is 2.19. The van der Waals surface area contributed by atoms with Crippen molar-refractivity contribution in [1.82, 2.24) is 10.2 Å². The summed E-state index contributed by atoms with van der Waals surface area (Å²) in [5.74, 6) is 0. The third-order valence-electron chi connectivity index (χ3n) is 2.41. The minimum Gasteiger partial charge on any atom is -0.284 e. The molecule has 0 atom stereocenters. The Morgan fingerprint density at radius 1 is 1.29 bits per heavy atom. The van der Waals surface area contributed by atoms with E-state index < -0.39 is 10.0 Å². The molecule has 1 aromatic heterocycles. The number of hydrogen-bond acceptors (Lipinski definition) is 3. The third kappa shape index (κ3) is 2.47. The summed E-state index contributed by atoms with van der Waals surface area (Å²) in [4.78, 5) is 0.123. The number of nitrogens with one attached hydrogen (secondary N) is 2. The Morgan fingerprint density at radius 3 is 2.65 bits per heavy atom. The lowest BCUT2D eigenvalue weighted by molar-refractivity contribution is 0.601. The zero-order valence-corrected chi connectivity index (χ0v) is 10.4. The van der Waals surface area contributed by atoms with Crippen molar-refractivity contribution in [3.8, 4) is 0 Å². The highest BCUT2D eigenvalue weighted by Gasteiger charge is 2.15. The van der Waals surface area contributed by atoms with Gasteiger partial charge in [0, 0.05) is 6.20 Å². The van der Waals surface area contributed by atoms with E-state index in [-0.39, 0.29) is 4.90 Å². The van der Waals surface area contributed by atoms with Crippen LogP contribution in [0.5, 0.6) is 0 Å². The molecule has 0 saturated carbocycles. The van der Waals surface area contributed by atoms with Crippen LogP contribution in [0.2, 0.25) is 0 Å². The minimum atomic E-state index is -3.55. The molecule has 0 saturated heterocycles. The maximum atomic E-state index is 11.9. The molecule has 0 aliphatic carbocycles. The van der Waals surface area contributed by atoms with Crippen molar-refractivity contribution in [3.63, 3.8) is 0 Å². The quantitative estimate of drug-likeness (QED) is 0.873. The first-order chi connectivity index (χ1) is 7.99. The topological polar surface area (TPSA) is 74.8 Å². The van der Waals surface area contributed by atoms with Gasteiger partial charge in [-0.15, -0.1) is 0 Å². The molecule has 0 aliphatic rings. The van der Waals surface area contributed by atoms with Gasteiger partial charge >= 0.3 is 0 Å². The van der Waals surface area contributed by atoms with Crippen LogP contribution in [0, 0.1) is 13.8 Å². The van der Waals surface area contributed by atoms with Gasteiger partial charge in [-0.1, -0.05) is 17.7 Å². The van der Waals surface area contributed by atoms with Gasteiger partial charge in [0.2, 0.25) is 0 Å². The van der Waals surface area contributed by atoms with E-state index in [1.165, 1.54) is 12.4 Å². The van der Waals surface area contributed by atoms with E-state index in [1.54, 1.807) is 6.07 Å². The van der Waals surface area contributed by atoms with E-state index in [0.29, 0.717) is 5.69 Å². The number of aryl methyl sites for hydroxylation is 2. The second-order valence-electron chi connectivity index (χ2n) is 3.86. The summed E-state index contributed by atoms with van der Waals surface area (Å²) in [6.07, 6.45) is 2.61. The van der Waals surface area contributed by atoms with Crippen LogP contribution < -0.4 is 4.72 Å². The van der Waals surface area contributed by atoms with Crippen LogP contribution in [-0.4, -0.2) is 18.6 Å². The van der Waals surface area contributed by atoms with Crippen molar-refractivity contribution in [2.24, 2.45) is 0 Å². The number of rotatable bonds is 3. The third-order valence-corrected chi connectivity index (χ3v) is 3.74. The summed E-state index contributed by atoms with van der Waals surface area (Å²) < 4.78 is 26.4. The maximum absolute atomic E-state index is 11.9. The van der Waals surface area contributed by atoms with Crippen molar-refractivity contribution in [3.05, 3.63) is 41.7 Å². The van der Waals surface area contributed by atoms with Crippen LogP contribution in [0.25, 0.3) is 0 Å². The van der Waals surface area contributed by atoms with Gasteiger partial charge in [0.1, 0.15) is 4.90 Å². The first-order valence-electron chi connectivity index (χ1n) is 5.08. The fraction of sp³-hybridized carbons (Fsp3) is 0.182. The molecule has 1 heterocycles. The Morgan fingerprint density at radius 2 is 2.06 bits per heavy atom. The van der Waals surface area contributed by atoms with Crippen molar-refractivity contribution >= 4 is 15.7 Å². The normalized spacial score (nSPS) is 11.4. The Balaban J connectivity index is 2.33. The number of sulfonamides is 1. The van der Waals surface area contributed by atoms with Crippen molar-refractivity contribution in [2.45, 2.75) is 18.7 Å². The zero-order valence-electron chi connectivity index (χ0n) is 9.56. The van der Waals surface area contributed by atoms with Crippen molar-refractivity contribution in [1.29, 1.82) is 0 Å². The molecule has 17 heavy (non-hydrogen) atoms. The van der Waals surface area contributed by atoms with E-state index in [0.717, 1.165) is 11.1 Å². The molecule has 2 N–H and O–H groups in total. The van der Waals surface area contributed by atoms with E-state index in [1.807, 2.05) is 26.0 Å². The van der Waals surface area contributed by atoms with Crippen LogP contribution in [0.3, 0.4) is 0 Å². The lowest BCUT2D eigenvalue weighted by Gasteiger charge is -2.09. The number of nitrogens with zero attached hydrogens (tertiary/aromatic N) is 1. The lowest BCUT2D eigenvalue weighted by atomic mass is 10.1. The Labute approximate surface area is 99.9 Å². The summed E-state index contributed by atoms with van der Waals surface area (Å²) in [6.45, 7) is 3.82. The molecule has 0 amide bonds. The molecule has 6 heteroatoms. The van der Waals surface area contributed by atoms with Gasteiger partial charge in [-0.05, 0) is 25.5 Å². The second-order valence-corrected chi connectivity index (χ2v) is 5.54. The first kappa shape index (κ1) is 11.7. The predicted molar refractivity (Wildman–Crippen MR) is 65.3 cm³/mol. The maximum Gasteiger partial charge on any atom is 0.265 e. The van der Waals surface area contributed by atoms with Gasteiger partial charge in [0.25, 0.3) is 10.0 Å². The van der Waals surface area contributed by atoms with Crippen molar-refractivity contribution < 1.29 is 8.42 Å². The molecule has 1 aromatic carbocycles. The van der Waals surface area contributed by atoms with Crippen LogP contribution in [0.15, 0.2) is 35.5 Å². The number of hydrogen-bond donors (Lipinski definition) is 2. The lowest BCUT2D eigenvalue weighted by Crippen LogP contribution is -2.13. The molecular formula is C11H13N3O2S. The molecular weight excluding hydrogens is 238 g/mol. The number of benzene rings is 1. The van der Waals surface area contributed by atoms with Crippen LogP contribution in [-0.2, 0) is 10.0 Å². The number of anilines is 1. The molecule has 2 aromatic rings. The van der Waals surface area contributed by atoms with Gasteiger partial charge < -0.3 is 0 Å². The number of aromatic amines is 1. The van der Waals surface area contributed by atoms with Gasteiger partial charge in [0.15, 0.2) is 0 Å². The number of H-pyrrole nitrogens is 1. The monoisotopic (exact) mass is 251 g/mol. The highest BCUT2D eigenvalue weighted by atomic mass is 32.2. The SMILES string of the molecule is Cc1ccc(NS(=O)(=O)c2cn[nH]c2)c(C)c1. The fourth-order valence-electron chi connectivity index (χ4n) is 1.52. The van der Waals surface area contributed by atoms with Crippen LogP contribution >= 0.6 is 0 Å². The Bertz CT molecular complexity index is 618. The number of aromatic nitrogens is 2. The Hall–Kier alpha value is -1.82. The molecule has 0 radical (unpaired) electrons. The van der Waals surface area contributed by atoms with Gasteiger partial charge in [0.05, 0.1) is 11.9 Å². The standard InChI is InChI=1S/C11H13N3O2S/c1-8-3-4-11(9(2)5-8)14-17(15,16)10-6-12-13-7-10/h3-7,14H,1-2H3,(H,12,13). The molecule has 0 aliphatic heterocycles. The van der Waals surface area contributed by atoms with E-state index in [2.05, 4.69) is 14.9 Å². The smallest absolute Gasteiger partial charge is 0.265 e. The molecule has 2 rings (SSSR count). The van der Waals surface area contributed by atoms with Crippen molar-refractivity contribution in [2.75, 3.05) is 4.72 Å². The molecule has 0 spiro atoms. The van der Waals surface area contributed by atoms with Gasteiger partial charge in [-0.3, -0.25) is 9.82 Å². The summed E-state index contributed by atoms with van der Waals surface area (Å²) in [6, 6.07) is 5.54. The molecule has 0 unspecified atom stereocenters. The minimum absolute atomic E-state index is 0.123. The largest absolute Gasteiger partial charge is 0.284 e. The van der Waals surface area contributed by atoms with E-state index >= 15 is 0 Å². The predicted octanol–water partition coefficient (Wildman–Crippen LogP) is 1.83. The summed E-state index contributed by atoms with van der Waals surface area (Å²) in [5, 5.41) is 6.10. The Kier molecular flexibility index (Phi) is 2.89. The summed E-state index contributed by atoms with van der Waals surface area (Å²) >= 11 is 0. The molecule has 0 bridgehead atoms. The highest BCUT2D eigenvalue weighted by molar-refractivity contribution is 7.92.